The Labute approximate surface area is 154 Å². The minimum absolute atomic E-state index is 0.0528. The molecule has 1 aromatic heterocycles. The standard InChI is InChI=1S/C20H27N3O3/c1-20(2,3)17-11-18(26-22-17)21-12-16-9-10-19(24)23(16)15-7-5-14(6-8-15)13-25-4/h5-8,11,16,21H,9-10,12-13H2,1-4H3/t16-/m0/s1. The molecule has 0 aliphatic carbocycles. The number of rotatable bonds is 6. The summed E-state index contributed by atoms with van der Waals surface area (Å²) in [5.41, 5.74) is 2.87. The molecule has 1 saturated heterocycles. The van der Waals surface area contributed by atoms with Gasteiger partial charge in [-0.05, 0) is 24.1 Å². The number of hydrogen-bond acceptors (Lipinski definition) is 5. The Balaban J connectivity index is 1.67. The molecule has 0 radical (unpaired) electrons. The Morgan fingerprint density at radius 3 is 2.65 bits per heavy atom. The summed E-state index contributed by atoms with van der Waals surface area (Å²) >= 11 is 0. The molecule has 6 nitrogen and oxygen atoms in total. The lowest BCUT2D eigenvalue weighted by atomic mass is 9.92. The van der Waals surface area contributed by atoms with Gasteiger partial charge in [-0.25, -0.2) is 0 Å². The maximum absolute atomic E-state index is 12.4. The Morgan fingerprint density at radius 1 is 1.31 bits per heavy atom. The van der Waals surface area contributed by atoms with E-state index in [4.69, 9.17) is 9.26 Å². The van der Waals surface area contributed by atoms with Gasteiger partial charge in [-0.2, -0.15) is 0 Å². The molecule has 0 saturated carbocycles. The van der Waals surface area contributed by atoms with Crippen molar-refractivity contribution in [3.05, 3.63) is 41.6 Å². The first-order valence-electron chi connectivity index (χ1n) is 8.99. The van der Waals surface area contributed by atoms with E-state index in [9.17, 15) is 4.79 Å². The number of nitrogens with zero attached hydrogens (tertiary/aromatic N) is 2. The maximum atomic E-state index is 12.4. The van der Waals surface area contributed by atoms with E-state index in [-0.39, 0.29) is 17.4 Å². The lowest BCUT2D eigenvalue weighted by Gasteiger charge is -2.25. The Kier molecular flexibility index (Phi) is 5.32. The van der Waals surface area contributed by atoms with Crippen LogP contribution in [0.1, 0.15) is 44.9 Å². The topological polar surface area (TPSA) is 67.6 Å². The highest BCUT2D eigenvalue weighted by Crippen LogP contribution is 2.28. The summed E-state index contributed by atoms with van der Waals surface area (Å²) in [4.78, 5) is 14.3. The lowest BCUT2D eigenvalue weighted by molar-refractivity contribution is -0.117. The van der Waals surface area contributed by atoms with Crippen LogP contribution >= 0.6 is 0 Å². The van der Waals surface area contributed by atoms with E-state index >= 15 is 0 Å². The van der Waals surface area contributed by atoms with Gasteiger partial charge in [-0.1, -0.05) is 38.1 Å². The SMILES string of the molecule is COCc1ccc(N2C(=O)CC[C@H]2CNc2cc(C(C)(C)C)no2)cc1. The number of carbonyl (C=O) groups excluding carboxylic acids is 1. The van der Waals surface area contributed by atoms with Crippen LogP contribution in [0.25, 0.3) is 0 Å². The second-order valence-electron chi connectivity index (χ2n) is 7.76. The van der Waals surface area contributed by atoms with Crippen molar-refractivity contribution < 1.29 is 14.1 Å². The Bertz CT molecular complexity index is 746. The number of nitrogens with one attached hydrogen (secondary N) is 1. The second-order valence-corrected chi connectivity index (χ2v) is 7.76. The van der Waals surface area contributed by atoms with Gasteiger partial charge in [0, 0.05) is 37.2 Å². The molecule has 1 fully saturated rings. The van der Waals surface area contributed by atoms with Crippen LogP contribution in [0.4, 0.5) is 11.6 Å². The quantitative estimate of drug-likeness (QED) is 0.853. The van der Waals surface area contributed by atoms with Gasteiger partial charge in [0.05, 0.1) is 18.3 Å². The molecule has 140 valence electrons. The van der Waals surface area contributed by atoms with Gasteiger partial charge in [0.1, 0.15) is 0 Å². The minimum atomic E-state index is -0.0528. The molecule has 1 aromatic carbocycles. The lowest BCUT2D eigenvalue weighted by Crippen LogP contribution is -2.37. The number of ether oxygens (including phenoxy) is 1. The van der Waals surface area contributed by atoms with E-state index in [2.05, 4.69) is 31.2 Å². The van der Waals surface area contributed by atoms with Crippen molar-refractivity contribution in [1.82, 2.24) is 5.16 Å². The molecule has 1 aliphatic rings. The first-order valence-corrected chi connectivity index (χ1v) is 8.99. The van der Waals surface area contributed by atoms with E-state index in [1.807, 2.05) is 35.2 Å². The number of methoxy groups -OCH3 is 1. The van der Waals surface area contributed by atoms with Crippen LogP contribution < -0.4 is 10.2 Å². The highest BCUT2D eigenvalue weighted by Gasteiger charge is 2.32. The van der Waals surface area contributed by atoms with Crippen LogP contribution in [0.15, 0.2) is 34.9 Å². The summed E-state index contributed by atoms with van der Waals surface area (Å²) in [7, 11) is 1.67. The molecule has 6 heteroatoms. The number of carbonyl (C=O) groups is 1. The highest BCUT2D eigenvalue weighted by atomic mass is 16.5. The summed E-state index contributed by atoms with van der Waals surface area (Å²) < 4.78 is 10.5. The molecule has 3 rings (SSSR count). The molecule has 1 atom stereocenters. The number of hydrogen-bond donors (Lipinski definition) is 1. The monoisotopic (exact) mass is 357 g/mol. The zero-order valence-corrected chi connectivity index (χ0v) is 15.9. The summed E-state index contributed by atoms with van der Waals surface area (Å²) in [6.45, 7) is 7.49. The number of benzene rings is 1. The van der Waals surface area contributed by atoms with E-state index in [1.165, 1.54) is 0 Å². The van der Waals surface area contributed by atoms with E-state index in [0.717, 1.165) is 23.4 Å². The molecule has 1 aliphatic heterocycles. The van der Waals surface area contributed by atoms with Gasteiger partial charge in [0.25, 0.3) is 0 Å². The van der Waals surface area contributed by atoms with Crippen LogP contribution in [0.2, 0.25) is 0 Å². The number of amides is 1. The van der Waals surface area contributed by atoms with Gasteiger partial charge in [0.2, 0.25) is 11.8 Å². The summed E-state index contributed by atoms with van der Waals surface area (Å²) in [6.07, 6.45) is 1.39. The van der Waals surface area contributed by atoms with Crippen molar-refractivity contribution in [2.75, 3.05) is 23.9 Å². The third-order valence-corrected chi connectivity index (χ3v) is 4.64. The van der Waals surface area contributed by atoms with Crippen LogP contribution in [-0.4, -0.2) is 30.8 Å². The van der Waals surface area contributed by atoms with Crippen molar-refractivity contribution in [2.24, 2.45) is 0 Å². The molecule has 0 bridgehead atoms. The molecule has 1 N–H and O–H groups in total. The average molecular weight is 357 g/mol. The van der Waals surface area contributed by atoms with Gasteiger partial charge in [-0.15, -0.1) is 0 Å². The maximum Gasteiger partial charge on any atom is 0.227 e. The average Bonchev–Trinajstić information content (AvgIpc) is 3.21. The normalized spacial score (nSPS) is 17.8. The summed E-state index contributed by atoms with van der Waals surface area (Å²) in [5.74, 6) is 0.800. The summed E-state index contributed by atoms with van der Waals surface area (Å²) in [5, 5.41) is 7.41. The fourth-order valence-corrected chi connectivity index (χ4v) is 3.14. The fraction of sp³-hybridized carbons (Fsp3) is 0.500. The van der Waals surface area contributed by atoms with E-state index in [1.54, 1.807) is 7.11 Å². The predicted molar refractivity (Wildman–Crippen MR) is 101 cm³/mol. The van der Waals surface area contributed by atoms with Crippen LogP contribution in [-0.2, 0) is 21.6 Å². The molecule has 0 unspecified atom stereocenters. The van der Waals surface area contributed by atoms with Crippen molar-refractivity contribution in [3.8, 4) is 0 Å². The molecule has 1 amide bonds. The van der Waals surface area contributed by atoms with Crippen LogP contribution in [0.5, 0.6) is 0 Å². The molecule has 26 heavy (non-hydrogen) atoms. The van der Waals surface area contributed by atoms with Crippen molar-refractivity contribution >= 4 is 17.5 Å². The molecular formula is C20H27N3O3. The largest absolute Gasteiger partial charge is 0.380 e. The molecular weight excluding hydrogens is 330 g/mol. The molecule has 2 heterocycles. The second kappa shape index (κ2) is 7.50. The highest BCUT2D eigenvalue weighted by molar-refractivity contribution is 5.96. The van der Waals surface area contributed by atoms with Gasteiger partial charge < -0.3 is 19.5 Å². The number of aromatic nitrogens is 1. The Morgan fingerprint density at radius 2 is 2.04 bits per heavy atom. The first-order chi connectivity index (χ1) is 12.4. The zero-order chi connectivity index (χ0) is 18.7. The molecule has 2 aromatic rings. The number of anilines is 2. The molecule has 0 spiro atoms. The van der Waals surface area contributed by atoms with Crippen molar-refractivity contribution in [2.45, 2.75) is 51.7 Å². The predicted octanol–water partition coefficient (Wildman–Crippen LogP) is 3.73. The minimum Gasteiger partial charge on any atom is -0.380 e. The fourth-order valence-electron chi connectivity index (χ4n) is 3.14. The van der Waals surface area contributed by atoms with Crippen molar-refractivity contribution in [3.63, 3.8) is 0 Å². The van der Waals surface area contributed by atoms with Gasteiger partial charge >= 0.3 is 0 Å². The van der Waals surface area contributed by atoms with Crippen LogP contribution in [0, 0.1) is 0 Å². The van der Waals surface area contributed by atoms with Crippen molar-refractivity contribution in [1.29, 1.82) is 0 Å². The smallest absolute Gasteiger partial charge is 0.227 e. The third-order valence-electron chi connectivity index (χ3n) is 4.64. The van der Waals surface area contributed by atoms with Crippen LogP contribution in [0.3, 0.4) is 0 Å². The van der Waals surface area contributed by atoms with Gasteiger partial charge in [0.15, 0.2) is 0 Å². The Hall–Kier alpha value is -2.34. The zero-order valence-electron chi connectivity index (χ0n) is 15.9. The van der Waals surface area contributed by atoms with E-state index < -0.39 is 0 Å². The summed E-state index contributed by atoms with van der Waals surface area (Å²) in [6, 6.07) is 10.00. The third kappa shape index (κ3) is 4.07. The van der Waals surface area contributed by atoms with E-state index in [0.29, 0.717) is 25.5 Å². The van der Waals surface area contributed by atoms with Gasteiger partial charge in [-0.3, -0.25) is 4.79 Å². The first kappa shape index (κ1) is 18.5.